The first kappa shape index (κ1) is 23.9. The number of aromatic nitrogens is 2. The standard InChI is InChI=1S/C26H34N4O4/c1-4-17(15-24(31)27-18-9-7-10-18)28-26(32)20-16-21(30(29-20)19-11-5-6-12-19)25-22(33-2)13-8-14-23(25)34-3/h4,8,13-14,16-19H,1,5-7,9-12,15H2,2-3H3,(H,27,31)(H,28,32). The number of carbonyl (C=O) groups excluding carboxylic acids is 2. The largest absolute Gasteiger partial charge is 0.496 e. The minimum atomic E-state index is -0.478. The van der Waals surface area contributed by atoms with Crippen molar-refractivity contribution in [3.63, 3.8) is 0 Å². The second-order valence-corrected chi connectivity index (χ2v) is 9.05. The second kappa shape index (κ2) is 10.8. The second-order valence-electron chi connectivity index (χ2n) is 9.05. The van der Waals surface area contributed by atoms with Crippen molar-refractivity contribution in [2.45, 2.75) is 69.5 Å². The van der Waals surface area contributed by atoms with E-state index in [-0.39, 0.29) is 30.3 Å². The van der Waals surface area contributed by atoms with Gasteiger partial charge >= 0.3 is 0 Å². The summed E-state index contributed by atoms with van der Waals surface area (Å²) >= 11 is 0. The number of rotatable bonds is 10. The van der Waals surface area contributed by atoms with E-state index in [1.165, 1.54) is 0 Å². The summed E-state index contributed by atoms with van der Waals surface area (Å²) in [5.41, 5.74) is 1.84. The number of hydrogen-bond donors (Lipinski definition) is 2. The van der Waals surface area contributed by atoms with Crippen LogP contribution in [0.2, 0.25) is 0 Å². The lowest BCUT2D eigenvalue weighted by Gasteiger charge is -2.27. The highest BCUT2D eigenvalue weighted by atomic mass is 16.5. The number of carbonyl (C=O) groups is 2. The molecule has 182 valence electrons. The zero-order chi connectivity index (χ0) is 24.1. The van der Waals surface area contributed by atoms with Gasteiger partial charge in [-0.2, -0.15) is 5.10 Å². The highest BCUT2D eigenvalue weighted by Gasteiger charge is 2.28. The third-order valence-electron chi connectivity index (χ3n) is 6.80. The lowest BCUT2D eigenvalue weighted by atomic mass is 9.93. The zero-order valence-electron chi connectivity index (χ0n) is 20.0. The van der Waals surface area contributed by atoms with Gasteiger partial charge in [-0.15, -0.1) is 6.58 Å². The maximum atomic E-state index is 13.2. The Kier molecular flexibility index (Phi) is 7.55. The Morgan fingerprint density at radius 2 is 1.82 bits per heavy atom. The summed E-state index contributed by atoms with van der Waals surface area (Å²) < 4.78 is 13.2. The van der Waals surface area contributed by atoms with Gasteiger partial charge in [-0.25, -0.2) is 0 Å². The normalized spacial score (nSPS) is 17.0. The Labute approximate surface area is 200 Å². The van der Waals surface area contributed by atoms with Gasteiger partial charge in [0.25, 0.3) is 5.91 Å². The Balaban J connectivity index is 1.59. The van der Waals surface area contributed by atoms with Crippen LogP contribution in [0.25, 0.3) is 11.3 Å². The number of methoxy groups -OCH3 is 2. The Morgan fingerprint density at radius 1 is 1.15 bits per heavy atom. The molecule has 0 radical (unpaired) electrons. The van der Waals surface area contributed by atoms with E-state index in [0.717, 1.165) is 56.2 Å². The molecule has 2 fully saturated rings. The molecule has 2 aromatic rings. The first-order valence-electron chi connectivity index (χ1n) is 12.1. The van der Waals surface area contributed by atoms with Gasteiger partial charge < -0.3 is 20.1 Å². The molecule has 0 bridgehead atoms. The van der Waals surface area contributed by atoms with Gasteiger partial charge in [-0.05, 0) is 50.3 Å². The smallest absolute Gasteiger partial charge is 0.272 e. The van der Waals surface area contributed by atoms with Crippen LogP contribution in [0.5, 0.6) is 11.5 Å². The van der Waals surface area contributed by atoms with Crippen LogP contribution in [0.1, 0.15) is 67.9 Å². The molecule has 8 nitrogen and oxygen atoms in total. The van der Waals surface area contributed by atoms with E-state index >= 15 is 0 Å². The van der Waals surface area contributed by atoms with Crippen LogP contribution in [0.3, 0.4) is 0 Å². The van der Waals surface area contributed by atoms with Gasteiger partial charge in [-0.1, -0.05) is 25.0 Å². The number of nitrogens with one attached hydrogen (secondary N) is 2. The van der Waals surface area contributed by atoms with E-state index in [2.05, 4.69) is 17.2 Å². The Morgan fingerprint density at radius 3 is 2.38 bits per heavy atom. The number of nitrogens with zero attached hydrogens (tertiary/aromatic N) is 2. The average molecular weight is 467 g/mol. The van der Waals surface area contributed by atoms with Gasteiger partial charge in [0.1, 0.15) is 11.5 Å². The minimum Gasteiger partial charge on any atom is -0.496 e. The molecule has 2 aliphatic rings. The van der Waals surface area contributed by atoms with Gasteiger partial charge in [-0.3, -0.25) is 14.3 Å². The van der Waals surface area contributed by atoms with Crippen molar-refractivity contribution in [2.24, 2.45) is 0 Å². The average Bonchev–Trinajstić information content (AvgIpc) is 3.50. The van der Waals surface area contributed by atoms with Gasteiger partial charge in [0.2, 0.25) is 5.91 Å². The van der Waals surface area contributed by atoms with Crippen molar-refractivity contribution < 1.29 is 19.1 Å². The summed E-state index contributed by atoms with van der Waals surface area (Å²) in [5, 5.41) is 10.6. The molecule has 1 unspecified atom stereocenters. The summed E-state index contributed by atoms with van der Waals surface area (Å²) in [6.45, 7) is 3.80. The summed E-state index contributed by atoms with van der Waals surface area (Å²) in [7, 11) is 3.23. The van der Waals surface area contributed by atoms with Gasteiger partial charge in [0.05, 0.1) is 44.0 Å². The van der Waals surface area contributed by atoms with Crippen molar-refractivity contribution in [3.8, 4) is 22.8 Å². The highest BCUT2D eigenvalue weighted by molar-refractivity contribution is 5.94. The summed E-state index contributed by atoms with van der Waals surface area (Å²) in [6, 6.07) is 7.38. The molecule has 0 saturated heterocycles. The van der Waals surface area contributed by atoms with E-state index < -0.39 is 6.04 Å². The highest BCUT2D eigenvalue weighted by Crippen LogP contribution is 2.41. The molecule has 2 aliphatic carbocycles. The monoisotopic (exact) mass is 466 g/mol. The molecule has 8 heteroatoms. The number of amides is 2. The number of ether oxygens (including phenoxy) is 2. The van der Waals surface area contributed by atoms with Crippen LogP contribution in [0.15, 0.2) is 36.9 Å². The van der Waals surface area contributed by atoms with E-state index in [0.29, 0.717) is 17.2 Å². The SMILES string of the molecule is C=CC(CC(=O)NC1CCC1)NC(=O)c1cc(-c2c(OC)cccc2OC)n(C2CCCC2)n1. The molecule has 0 aliphatic heterocycles. The molecule has 1 heterocycles. The molecular formula is C26H34N4O4. The summed E-state index contributed by atoms with van der Waals surface area (Å²) in [5.74, 6) is 0.892. The molecule has 34 heavy (non-hydrogen) atoms. The molecule has 1 aromatic heterocycles. The summed E-state index contributed by atoms with van der Waals surface area (Å²) in [4.78, 5) is 25.5. The van der Waals surface area contributed by atoms with Crippen molar-refractivity contribution in [1.82, 2.24) is 20.4 Å². The maximum absolute atomic E-state index is 13.2. The lowest BCUT2D eigenvalue weighted by molar-refractivity contribution is -0.122. The number of benzene rings is 1. The van der Waals surface area contributed by atoms with E-state index in [1.54, 1.807) is 26.4 Å². The van der Waals surface area contributed by atoms with E-state index in [4.69, 9.17) is 14.6 Å². The molecular weight excluding hydrogens is 432 g/mol. The molecule has 2 N–H and O–H groups in total. The fourth-order valence-electron chi connectivity index (χ4n) is 4.70. The van der Waals surface area contributed by atoms with E-state index in [9.17, 15) is 9.59 Å². The van der Waals surface area contributed by atoms with Crippen LogP contribution >= 0.6 is 0 Å². The topological polar surface area (TPSA) is 94.5 Å². The fraction of sp³-hybridized carbons (Fsp3) is 0.500. The third-order valence-corrected chi connectivity index (χ3v) is 6.80. The number of hydrogen-bond acceptors (Lipinski definition) is 5. The minimum absolute atomic E-state index is 0.0779. The molecule has 4 rings (SSSR count). The molecule has 2 saturated carbocycles. The predicted molar refractivity (Wildman–Crippen MR) is 130 cm³/mol. The van der Waals surface area contributed by atoms with Crippen LogP contribution in [-0.4, -0.2) is 47.9 Å². The first-order valence-corrected chi connectivity index (χ1v) is 12.1. The molecule has 0 spiro atoms. The van der Waals surface area contributed by atoms with E-state index in [1.807, 2.05) is 22.9 Å². The Hall–Kier alpha value is -3.29. The zero-order valence-corrected chi connectivity index (χ0v) is 20.0. The summed E-state index contributed by atoms with van der Waals surface area (Å²) in [6.07, 6.45) is 9.20. The first-order chi connectivity index (χ1) is 16.5. The fourth-order valence-corrected chi connectivity index (χ4v) is 4.70. The van der Waals surface area contributed by atoms with Crippen LogP contribution < -0.4 is 20.1 Å². The van der Waals surface area contributed by atoms with Gasteiger partial charge in [0.15, 0.2) is 5.69 Å². The third kappa shape index (κ3) is 5.11. The quantitative estimate of drug-likeness (QED) is 0.516. The van der Waals surface area contributed by atoms with Crippen LogP contribution in [0, 0.1) is 0 Å². The van der Waals surface area contributed by atoms with Gasteiger partial charge in [0, 0.05) is 6.04 Å². The maximum Gasteiger partial charge on any atom is 0.272 e. The van der Waals surface area contributed by atoms with Crippen LogP contribution in [0.4, 0.5) is 0 Å². The predicted octanol–water partition coefficient (Wildman–Crippen LogP) is 4.03. The lowest BCUT2D eigenvalue weighted by Crippen LogP contribution is -2.43. The van der Waals surface area contributed by atoms with Crippen molar-refractivity contribution in [1.29, 1.82) is 0 Å². The Bertz CT molecular complexity index is 1020. The van der Waals surface area contributed by atoms with Crippen LogP contribution in [-0.2, 0) is 4.79 Å². The van der Waals surface area contributed by atoms with Crippen molar-refractivity contribution in [2.75, 3.05) is 14.2 Å². The van der Waals surface area contributed by atoms with Crippen molar-refractivity contribution >= 4 is 11.8 Å². The van der Waals surface area contributed by atoms with Crippen molar-refractivity contribution in [3.05, 3.63) is 42.6 Å². The molecule has 2 amide bonds. The molecule has 1 atom stereocenters. The molecule has 1 aromatic carbocycles.